The van der Waals surface area contributed by atoms with E-state index in [0.717, 1.165) is 6.07 Å². The predicted octanol–water partition coefficient (Wildman–Crippen LogP) is 2.05. The molecule has 14 heavy (non-hydrogen) atoms. The molecule has 0 radical (unpaired) electrons. The van der Waals surface area contributed by atoms with Crippen LogP contribution in [0, 0.1) is 22.0 Å². The predicted molar refractivity (Wildman–Crippen MR) is 55.4 cm³/mol. The highest BCUT2D eigenvalue weighted by molar-refractivity contribution is 9.09. The van der Waals surface area contributed by atoms with Crippen LogP contribution in [-0.2, 0) is 0 Å². The van der Waals surface area contributed by atoms with Gasteiger partial charge in [-0.1, -0.05) is 27.8 Å². The van der Waals surface area contributed by atoms with E-state index in [2.05, 4.69) is 27.8 Å². The molecule has 0 saturated heterocycles. The Hall–Kier alpha value is -1.54. The van der Waals surface area contributed by atoms with Crippen molar-refractivity contribution in [1.82, 2.24) is 0 Å². The van der Waals surface area contributed by atoms with Gasteiger partial charge in [-0.25, -0.2) is 0 Å². The molecule has 0 bridgehead atoms. The summed E-state index contributed by atoms with van der Waals surface area (Å²) >= 11 is 3.09. The molecule has 0 spiro atoms. The molecule has 0 aromatic heterocycles. The number of aromatic hydroxyl groups is 1. The fraction of sp³-hybridized carbons (Fsp3) is 0.111. The minimum Gasteiger partial charge on any atom is -0.508 e. The number of phenolic OH excluding ortho intramolecular Hbond substituents is 1. The summed E-state index contributed by atoms with van der Waals surface area (Å²) in [6.07, 6.45) is 0. The lowest BCUT2D eigenvalue weighted by atomic mass is 10.2. The largest absolute Gasteiger partial charge is 0.508 e. The summed E-state index contributed by atoms with van der Waals surface area (Å²) < 4.78 is 0. The minimum atomic E-state index is -0.571. The van der Waals surface area contributed by atoms with Crippen LogP contribution in [0.3, 0.4) is 0 Å². The second-order valence-corrected chi connectivity index (χ2v) is 2.95. The number of hydrogen-bond donors (Lipinski definition) is 1. The van der Waals surface area contributed by atoms with E-state index in [1.165, 1.54) is 12.1 Å². The molecule has 1 aromatic carbocycles. The topological polar surface area (TPSA) is 63.4 Å². The van der Waals surface area contributed by atoms with Crippen LogP contribution in [0.5, 0.6) is 5.75 Å². The summed E-state index contributed by atoms with van der Waals surface area (Å²) in [6, 6.07) is 3.87. The Bertz CT molecular complexity index is 420. The molecule has 0 saturated carbocycles. The van der Waals surface area contributed by atoms with E-state index in [-0.39, 0.29) is 11.4 Å². The highest BCUT2D eigenvalue weighted by atomic mass is 79.9. The Labute approximate surface area is 88.8 Å². The second kappa shape index (κ2) is 4.63. The number of rotatable bonds is 1. The molecular weight excluding hydrogens is 250 g/mol. The van der Waals surface area contributed by atoms with E-state index in [0.29, 0.717) is 10.9 Å². The zero-order valence-corrected chi connectivity index (χ0v) is 8.61. The minimum absolute atomic E-state index is 0.138. The van der Waals surface area contributed by atoms with Gasteiger partial charge < -0.3 is 5.11 Å². The second-order valence-electron chi connectivity index (χ2n) is 2.39. The first-order valence-corrected chi connectivity index (χ1v) is 4.79. The Morgan fingerprint density at radius 2 is 2.29 bits per heavy atom. The first-order chi connectivity index (χ1) is 6.65. The van der Waals surface area contributed by atoms with Crippen molar-refractivity contribution in [3.05, 3.63) is 33.9 Å². The molecule has 1 rings (SSSR count). The molecule has 72 valence electrons. The zero-order chi connectivity index (χ0) is 10.6. The van der Waals surface area contributed by atoms with Crippen molar-refractivity contribution >= 4 is 21.6 Å². The molecule has 0 unspecified atom stereocenters. The monoisotopic (exact) mass is 255 g/mol. The zero-order valence-electron chi connectivity index (χ0n) is 7.03. The normalized spacial score (nSPS) is 8.93. The summed E-state index contributed by atoms with van der Waals surface area (Å²) in [5, 5.41) is 20.1. The Balaban J connectivity index is 3.22. The summed E-state index contributed by atoms with van der Waals surface area (Å²) in [4.78, 5) is 9.98. The fourth-order valence-electron chi connectivity index (χ4n) is 0.905. The number of nitrogens with zero attached hydrogens (tertiary/aromatic N) is 1. The van der Waals surface area contributed by atoms with Crippen molar-refractivity contribution in [2.75, 3.05) is 5.33 Å². The molecule has 1 aromatic rings. The number of nitro groups is 1. The number of hydrogen-bond acceptors (Lipinski definition) is 3. The first kappa shape index (κ1) is 10.5. The molecule has 0 aliphatic rings. The van der Waals surface area contributed by atoms with Gasteiger partial charge in [-0.05, 0) is 12.1 Å². The quantitative estimate of drug-likeness (QED) is 0.362. The highest BCUT2D eigenvalue weighted by Gasteiger charge is 2.12. The lowest BCUT2D eigenvalue weighted by Gasteiger charge is -1.95. The summed E-state index contributed by atoms with van der Waals surface area (Å²) in [5.74, 6) is 5.14. The lowest BCUT2D eigenvalue weighted by molar-refractivity contribution is -0.385. The van der Waals surface area contributed by atoms with E-state index >= 15 is 0 Å². The van der Waals surface area contributed by atoms with E-state index in [1.54, 1.807) is 0 Å². The number of nitro benzene ring substituents is 1. The summed E-state index contributed by atoms with van der Waals surface area (Å²) in [5.41, 5.74) is 0.116. The molecule has 0 amide bonds. The number of alkyl halides is 1. The number of phenols is 1. The van der Waals surface area contributed by atoms with Crippen LogP contribution in [0.4, 0.5) is 5.69 Å². The fourth-order valence-corrected chi connectivity index (χ4v) is 1.05. The van der Waals surface area contributed by atoms with Gasteiger partial charge in [-0.15, -0.1) is 0 Å². The van der Waals surface area contributed by atoms with Gasteiger partial charge in [0.2, 0.25) is 0 Å². The van der Waals surface area contributed by atoms with Gasteiger partial charge in [0.05, 0.1) is 16.3 Å². The van der Waals surface area contributed by atoms with Crippen molar-refractivity contribution in [2.45, 2.75) is 0 Å². The molecule has 0 heterocycles. The lowest BCUT2D eigenvalue weighted by Crippen LogP contribution is -1.91. The van der Waals surface area contributed by atoms with Gasteiger partial charge >= 0.3 is 0 Å². The SMILES string of the molecule is O=[N+]([O-])c1cc(O)ccc1C#CCBr. The number of benzene rings is 1. The van der Waals surface area contributed by atoms with Crippen LogP contribution in [0.1, 0.15) is 5.56 Å². The van der Waals surface area contributed by atoms with Gasteiger partial charge in [-0.3, -0.25) is 10.1 Å². The van der Waals surface area contributed by atoms with Crippen molar-refractivity contribution < 1.29 is 10.0 Å². The molecule has 0 aliphatic heterocycles. The number of halogens is 1. The van der Waals surface area contributed by atoms with Crippen LogP contribution in [0.15, 0.2) is 18.2 Å². The Morgan fingerprint density at radius 3 is 2.86 bits per heavy atom. The van der Waals surface area contributed by atoms with Gasteiger partial charge in [0.25, 0.3) is 5.69 Å². The van der Waals surface area contributed by atoms with Crippen molar-refractivity contribution in [2.24, 2.45) is 0 Å². The smallest absolute Gasteiger partial charge is 0.288 e. The molecule has 4 nitrogen and oxygen atoms in total. The maximum Gasteiger partial charge on any atom is 0.288 e. The van der Waals surface area contributed by atoms with Gasteiger partial charge in [0.15, 0.2) is 0 Å². The summed E-state index contributed by atoms with van der Waals surface area (Å²) in [7, 11) is 0. The van der Waals surface area contributed by atoms with Crippen LogP contribution in [0.2, 0.25) is 0 Å². The van der Waals surface area contributed by atoms with Crippen LogP contribution < -0.4 is 0 Å². The molecule has 0 atom stereocenters. The van der Waals surface area contributed by atoms with Gasteiger partial charge in [0, 0.05) is 0 Å². The average molecular weight is 256 g/mol. The maximum atomic E-state index is 10.6. The van der Waals surface area contributed by atoms with E-state index < -0.39 is 4.92 Å². The van der Waals surface area contributed by atoms with Crippen LogP contribution in [0.25, 0.3) is 0 Å². The third kappa shape index (κ3) is 2.47. The van der Waals surface area contributed by atoms with Crippen molar-refractivity contribution in [3.63, 3.8) is 0 Å². The third-order valence-electron chi connectivity index (χ3n) is 1.47. The van der Waals surface area contributed by atoms with E-state index in [4.69, 9.17) is 5.11 Å². The van der Waals surface area contributed by atoms with Crippen molar-refractivity contribution in [1.29, 1.82) is 0 Å². The van der Waals surface area contributed by atoms with Crippen LogP contribution >= 0.6 is 15.9 Å². The molecular formula is C9H6BrNO3. The Kier molecular flexibility index (Phi) is 3.48. The maximum absolute atomic E-state index is 10.6. The summed E-state index contributed by atoms with van der Waals surface area (Å²) in [6.45, 7) is 0. The van der Waals surface area contributed by atoms with Gasteiger partial charge in [-0.2, -0.15) is 0 Å². The van der Waals surface area contributed by atoms with Crippen molar-refractivity contribution in [3.8, 4) is 17.6 Å². The van der Waals surface area contributed by atoms with E-state index in [1.807, 2.05) is 0 Å². The molecule has 1 N–H and O–H groups in total. The highest BCUT2D eigenvalue weighted by Crippen LogP contribution is 2.22. The average Bonchev–Trinajstić information content (AvgIpc) is 2.15. The molecule has 0 fully saturated rings. The first-order valence-electron chi connectivity index (χ1n) is 3.67. The standard InChI is InChI=1S/C9H6BrNO3/c10-5-1-2-7-3-4-8(12)6-9(7)11(13)14/h3-4,6,12H,5H2. The van der Waals surface area contributed by atoms with E-state index in [9.17, 15) is 10.1 Å². The molecule has 5 heteroatoms. The van der Waals surface area contributed by atoms with Crippen LogP contribution in [-0.4, -0.2) is 15.4 Å². The Morgan fingerprint density at radius 1 is 1.57 bits per heavy atom. The third-order valence-corrected chi connectivity index (χ3v) is 1.75. The van der Waals surface area contributed by atoms with Gasteiger partial charge in [0.1, 0.15) is 11.3 Å². The molecule has 0 aliphatic carbocycles.